The number of cyclic esters (lactones) is 1. The van der Waals surface area contributed by atoms with Crippen LogP contribution in [-0.2, 0) is 9.53 Å². The monoisotopic (exact) mass is 328 g/mol. The summed E-state index contributed by atoms with van der Waals surface area (Å²) in [6.07, 6.45) is 0. The molecule has 0 spiro atoms. The Bertz CT molecular complexity index is 595. The van der Waals surface area contributed by atoms with E-state index in [1.807, 2.05) is 0 Å². The van der Waals surface area contributed by atoms with Crippen molar-refractivity contribution in [3.8, 4) is 11.8 Å². The fourth-order valence-corrected chi connectivity index (χ4v) is 2.80. The van der Waals surface area contributed by atoms with Crippen LogP contribution in [0.15, 0.2) is 12.1 Å². The Morgan fingerprint density at radius 1 is 1.32 bits per heavy atom. The summed E-state index contributed by atoms with van der Waals surface area (Å²) in [6, 6.07) is 3.24. The largest absolute Gasteiger partial charge is 0.481 e. The third-order valence-corrected chi connectivity index (χ3v) is 3.94. The molecule has 0 radical (unpaired) electrons. The molecule has 0 N–H and O–H groups in total. The lowest BCUT2D eigenvalue weighted by Gasteiger charge is -2.18. The first-order valence-corrected chi connectivity index (χ1v) is 6.69. The standard InChI is InChI=1S/C14H16N2O5.ClH/c1-19-11-4-3-9(12(15-11)20-2)13(17)16-5-8-7-21-14(18)10(8)6-16;/h3-4,8,10H,5-7H2,1-2H3;1H/t8-,10-;/m1./s1. The lowest BCUT2D eigenvalue weighted by molar-refractivity contribution is -0.141. The van der Waals surface area contributed by atoms with Crippen LogP contribution in [0, 0.1) is 11.8 Å². The zero-order chi connectivity index (χ0) is 15.0. The molecule has 0 saturated carbocycles. The zero-order valence-electron chi connectivity index (χ0n) is 12.3. The van der Waals surface area contributed by atoms with Crippen LogP contribution in [-0.4, -0.2) is 55.7 Å². The van der Waals surface area contributed by atoms with Crippen molar-refractivity contribution in [2.45, 2.75) is 0 Å². The molecule has 3 rings (SSSR count). The van der Waals surface area contributed by atoms with Gasteiger partial charge in [-0.1, -0.05) is 0 Å². The van der Waals surface area contributed by atoms with Crippen molar-refractivity contribution in [1.29, 1.82) is 0 Å². The average Bonchev–Trinajstić information content (AvgIpc) is 3.08. The van der Waals surface area contributed by atoms with E-state index in [2.05, 4.69) is 4.98 Å². The molecule has 2 saturated heterocycles. The van der Waals surface area contributed by atoms with Crippen LogP contribution in [0.25, 0.3) is 0 Å². The number of hydrogen-bond acceptors (Lipinski definition) is 6. The quantitative estimate of drug-likeness (QED) is 0.763. The van der Waals surface area contributed by atoms with Gasteiger partial charge in [-0.2, -0.15) is 4.98 Å². The van der Waals surface area contributed by atoms with Crippen molar-refractivity contribution in [2.24, 2.45) is 11.8 Å². The molecule has 2 fully saturated rings. The minimum absolute atomic E-state index is 0. The lowest BCUT2D eigenvalue weighted by Crippen LogP contribution is -2.31. The number of pyridine rings is 1. The maximum atomic E-state index is 12.6. The van der Waals surface area contributed by atoms with E-state index in [-0.39, 0.29) is 42.0 Å². The second-order valence-corrected chi connectivity index (χ2v) is 5.12. The summed E-state index contributed by atoms with van der Waals surface area (Å²) in [6.45, 7) is 1.30. The third-order valence-electron chi connectivity index (χ3n) is 3.94. The van der Waals surface area contributed by atoms with Crippen molar-refractivity contribution in [3.63, 3.8) is 0 Å². The number of aromatic nitrogens is 1. The zero-order valence-corrected chi connectivity index (χ0v) is 13.1. The molecular weight excluding hydrogens is 312 g/mol. The highest BCUT2D eigenvalue weighted by Crippen LogP contribution is 2.32. The van der Waals surface area contributed by atoms with Gasteiger partial charge in [-0.15, -0.1) is 12.4 Å². The molecule has 1 aromatic heterocycles. The Labute approximate surface area is 134 Å². The van der Waals surface area contributed by atoms with Gasteiger partial charge in [0, 0.05) is 25.1 Å². The number of fused-ring (bicyclic) bond motifs is 1. The molecule has 2 aliphatic heterocycles. The van der Waals surface area contributed by atoms with Gasteiger partial charge in [-0.05, 0) is 6.07 Å². The van der Waals surface area contributed by atoms with Gasteiger partial charge in [0.05, 0.1) is 26.7 Å². The summed E-state index contributed by atoms with van der Waals surface area (Å²) in [4.78, 5) is 29.9. The number of halogens is 1. The van der Waals surface area contributed by atoms with Crippen molar-refractivity contribution >= 4 is 24.3 Å². The number of amides is 1. The van der Waals surface area contributed by atoms with Crippen molar-refractivity contribution in [3.05, 3.63) is 17.7 Å². The van der Waals surface area contributed by atoms with Crippen LogP contribution in [0.3, 0.4) is 0 Å². The van der Waals surface area contributed by atoms with Gasteiger partial charge >= 0.3 is 5.97 Å². The van der Waals surface area contributed by atoms with Gasteiger partial charge in [0.25, 0.3) is 5.91 Å². The van der Waals surface area contributed by atoms with Gasteiger partial charge in [0.1, 0.15) is 5.56 Å². The van der Waals surface area contributed by atoms with Gasteiger partial charge in [-0.25, -0.2) is 0 Å². The van der Waals surface area contributed by atoms with Crippen molar-refractivity contribution in [1.82, 2.24) is 9.88 Å². The minimum atomic E-state index is -0.213. The number of nitrogens with zero attached hydrogens (tertiary/aromatic N) is 2. The molecule has 7 nitrogen and oxygen atoms in total. The van der Waals surface area contributed by atoms with Crippen LogP contribution in [0.4, 0.5) is 0 Å². The molecule has 22 heavy (non-hydrogen) atoms. The highest BCUT2D eigenvalue weighted by molar-refractivity contribution is 5.97. The number of carbonyl (C=O) groups is 2. The number of hydrogen-bond donors (Lipinski definition) is 0. The van der Waals surface area contributed by atoms with Gasteiger partial charge < -0.3 is 19.1 Å². The van der Waals surface area contributed by atoms with Crippen LogP contribution < -0.4 is 9.47 Å². The molecule has 120 valence electrons. The second-order valence-electron chi connectivity index (χ2n) is 5.12. The Hall–Kier alpha value is -2.02. The first-order valence-electron chi connectivity index (χ1n) is 6.69. The SMILES string of the molecule is COc1ccc(C(=O)N2C[C@@H]3COC(=O)[C@@H]3C2)c(OC)n1.Cl. The van der Waals surface area contributed by atoms with Crippen LogP contribution in [0.5, 0.6) is 11.8 Å². The number of rotatable bonds is 3. The molecule has 0 bridgehead atoms. The number of esters is 1. The maximum Gasteiger partial charge on any atom is 0.311 e. The third kappa shape index (κ3) is 2.68. The summed E-state index contributed by atoms with van der Waals surface area (Å²) >= 11 is 0. The summed E-state index contributed by atoms with van der Waals surface area (Å²) in [5.41, 5.74) is 0.367. The lowest BCUT2D eigenvalue weighted by atomic mass is 10.0. The van der Waals surface area contributed by atoms with E-state index in [4.69, 9.17) is 14.2 Å². The van der Waals surface area contributed by atoms with E-state index in [1.54, 1.807) is 17.0 Å². The Kier molecular flexibility index (Phi) is 4.75. The smallest absolute Gasteiger partial charge is 0.311 e. The first kappa shape index (κ1) is 16.4. The Morgan fingerprint density at radius 3 is 2.73 bits per heavy atom. The van der Waals surface area contributed by atoms with E-state index < -0.39 is 0 Å². The maximum absolute atomic E-state index is 12.6. The van der Waals surface area contributed by atoms with Crippen LogP contribution >= 0.6 is 12.4 Å². The van der Waals surface area contributed by atoms with Crippen molar-refractivity contribution < 1.29 is 23.8 Å². The summed E-state index contributed by atoms with van der Waals surface area (Å²) < 4.78 is 15.2. The predicted octanol–water partition coefficient (Wildman–Crippen LogP) is 0.766. The number of methoxy groups -OCH3 is 2. The van der Waals surface area contributed by atoms with E-state index in [0.29, 0.717) is 31.1 Å². The van der Waals surface area contributed by atoms with Crippen LogP contribution in [0.2, 0.25) is 0 Å². The van der Waals surface area contributed by atoms with E-state index in [1.165, 1.54) is 14.2 Å². The molecular formula is C14H17ClN2O5. The normalized spacial score (nSPS) is 22.6. The highest BCUT2D eigenvalue weighted by atomic mass is 35.5. The second kappa shape index (κ2) is 6.39. The summed E-state index contributed by atoms with van der Waals surface area (Å²) in [5.74, 6) is 0.0911. The number of likely N-dealkylation sites (tertiary alicyclic amines) is 1. The molecule has 0 aromatic carbocycles. The molecule has 2 aliphatic rings. The fourth-order valence-electron chi connectivity index (χ4n) is 2.80. The van der Waals surface area contributed by atoms with Gasteiger partial charge in [0.15, 0.2) is 0 Å². The van der Waals surface area contributed by atoms with E-state index in [0.717, 1.165) is 0 Å². The van der Waals surface area contributed by atoms with Gasteiger partial charge in [0.2, 0.25) is 11.8 Å². The number of carbonyl (C=O) groups excluding carboxylic acids is 2. The first-order chi connectivity index (χ1) is 10.1. The Morgan fingerprint density at radius 2 is 2.09 bits per heavy atom. The minimum Gasteiger partial charge on any atom is -0.481 e. The predicted molar refractivity (Wildman–Crippen MR) is 78.4 cm³/mol. The molecule has 0 aliphatic carbocycles. The molecule has 8 heteroatoms. The van der Waals surface area contributed by atoms with Crippen LogP contribution in [0.1, 0.15) is 10.4 Å². The van der Waals surface area contributed by atoms with Crippen molar-refractivity contribution in [2.75, 3.05) is 33.9 Å². The molecule has 1 amide bonds. The van der Waals surface area contributed by atoms with E-state index in [9.17, 15) is 9.59 Å². The molecule has 2 atom stereocenters. The van der Waals surface area contributed by atoms with Gasteiger partial charge in [-0.3, -0.25) is 9.59 Å². The van der Waals surface area contributed by atoms with E-state index >= 15 is 0 Å². The summed E-state index contributed by atoms with van der Waals surface area (Å²) in [5, 5.41) is 0. The molecule has 0 unspecified atom stereocenters. The summed E-state index contributed by atoms with van der Waals surface area (Å²) in [7, 11) is 2.95. The highest BCUT2D eigenvalue weighted by Gasteiger charge is 2.45. The average molecular weight is 329 g/mol. The topological polar surface area (TPSA) is 78.0 Å². The molecule has 1 aromatic rings. The fraction of sp³-hybridized carbons (Fsp3) is 0.500. The Balaban J connectivity index is 0.00000176. The molecule has 3 heterocycles. The number of ether oxygens (including phenoxy) is 3.